The molecule has 194 valence electrons. The van der Waals surface area contributed by atoms with E-state index in [-0.39, 0.29) is 25.4 Å². The Hall–Kier alpha value is -4.78. The standard InChI is InChI=1S/C32H25ClN2O4/c1-4-11-37-30-10-6-9-28(22(30)3)27-8-5-7-25(21(27)2)20-39-32-14-31(26(18-36)13-29(32)33)38-19-24-12-23(15-34)16-35-17-24/h1,5-10,12-14,16-18H,11,19-20H2,2-3H3. The number of aromatic nitrogens is 1. The van der Waals surface area contributed by atoms with Crippen molar-refractivity contribution in [1.82, 2.24) is 4.98 Å². The van der Waals surface area contributed by atoms with Gasteiger partial charge in [0, 0.05) is 24.0 Å². The van der Waals surface area contributed by atoms with Crippen LogP contribution in [0.3, 0.4) is 0 Å². The number of hydrogen-bond donors (Lipinski definition) is 0. The molecule has 0 saturated carbocycles. The number of rotatable bonds is 10. The number of benzene rings is 3. The van der Waals surface area contributed by atoms with Crippen molar-refractivity contribution < 1.29 is 19.0 Å². The van der Waals surface area contributed by atoms with E-state index in [0.29, 0.717) is 33.9 Å². The monoisotopic (exact) mass is 536 g/mol. The molecule has 3 aromatic carbocycles. The molecule has 0 aliphatic rings. The van der Waals surface area contributed by atoms with Crippen LogP contribution >= 0.6 is 11.6 Å². The van der Waals surface area contributed by atoms with E-state index in [9.17, 15) is 4.79 Å². The Morgan fingerprint density at radius 1 is 0.923 bits per heavy atom. The quantitative estimate of drug-likeness (QED) is 0.162. The van der Waals surface area contributed by atoms with E-state index in [4.69, 9.17) is 37.5 Å². The van der Waals surface area contributed by atoms with Crippen molar-refractivity contribution in [2.24, 2.45) is 0 Å². The predicted molar refractivity (Wildman–Crippen MR) is 150 cm³/mol. The van der Waals surface area contributed by atoms with Crippen molar-refractivity contribution in [2.45, 2.75) is 27.1 Å². The number of carbonyl (C=O) groups is 1. The van der Waals surface area contributed by atoms with Crippen molar-refractivity contribution in [2.75, 3.05) is 6.61 Å². The molecule has 0 amide bonds. The van der Waals surface area contributed by atoms with Crippen LogP contribution in [0.1, 0.15) is 38.2 Å². The van der Waals surface area contributed by atoms with Gasteiger partial charge < -0.3 is 14.2 Å². The molecule has 0 saturated heterocycles. The molecule has 0 unspecified atom stereocenters. The van der Waals surface area contributed by atoms with Gasteiger partial charge in [-0.3, -0.25) is 9.78 Å². The van der Waals surface area contributed by atoms with Gasteiger partial charge in [-0.05, 0) is 59.9 Å². The second-order valence-corrected chi connectivity index (χ2v) is 9.13. The number of pyridine rings is 1. The maximum atomic E-state index is 11.7. The average molecular weight is 537 g/mol. The fraction of sp³-hybridized carbons (Fsp3) is 0.156. The van der Waals surface area contributed by atoms with Gasteiger partial charge in [0.05, 0.1) is 16.1 Å². The molecule has 4 aromatic rings. The van der Waals surface area contributed by atoms with E-state index < -0.39 is 0 Å². The minimum Gasteiger partial charge on any atom is -0.488 e. The summed E-state index contributed by atoms with van der Waals surface area (Å²) in [4.78, 5) is 15.7. The molecule has 0 aliphatic carbocycles. The number of ether oxygens (including phenoxy) is 3. The lowest BCUT2D eigenvalue weighted by Gasteiger charge is -2.17. The van der Waals surface area contributed by atoms with Crippen LogP contribution in [0.15, 0.2) is 67.0 Å². The van der Waals surface area contributed by atoms with Crippen molar-refractivity contribution >= 4 is 17.9 Å². The molecule has 4 rings (SSSR count). The maximum absolute atomic E-state index is 11.7. The van der Waals surface area contributed by atoms with E-state index >= 15 is 0 Å². The lowest BCUT2D eigenvalue weighted by molar-refractivity contribution is 0.111. The number of aldehydes is 1. The Balaban J connectivity index is 1.55. The van der Waals surface area contributed by atoms with Gasteiger partial charge in [0.15, 0.2) is 6.29 Å². The zero-order valence-corrected chi connectivity index (χ0v) is 22.3. The molecule has 0 bridgehead atoms. The summed E-state index contributed by atoms with van der Waals surface area (Å²) in [6, 6.07) is 18.8. The highest BCUT2D eigenvalue weighted by molar-refractivity contribution is 6.32. The van der Waals surface area contributed by atoms with Crippen LogP contribution in [0.25, 0.3) is 11.1 Å². The Morgan fingerprint density at radius 2 is 1.67 bits per heavy atom. The molecule has 0 aliphatic heterocycles. The molecule has 7 heteroatoms. The highest BCUT2D eigenvalue weighted by atomic mass is 35.5. The number of halogens is 1. The summed E-state index contributed by atoms with van der Waals surface area (Å²) in [5.74, 6) is 3.94. The van der Waals surface area contributed by atoms with E-state index in [1.54, 1.807) is 18.3 Å². The van der Waals surface area contributed by atoms with Crippen LogP contribution in [-0.4, -0.2) is 17.9 Å². The topological polar surface area (TPSA) is 81.4 Å². The van der Waals surface area contributed by atoms with Gasteiger partial charge in [0.2, 0.25) is 0 Å². The SMILES string of the molecule is C#CCOc1cccc(-c2cccc(COc3cc(OCc4cncc(C#N)c4)c(C=O)cc3Cl)c2C)c1C. The Morgan fingerprint density at radius 3 is 2.41 bits per heavy atom. The fourth-order valence-electron chi connectivity index (χ4n) is 4.14. The highest BCUT2D eigenvalue weighted by Crippen LogP contribution is 2.35. The van der Waals surface area contributed by atoms with Crippen LogP contribution in [0.4, 0.5) is 0 Å². The summed E-state index contributed by atoms with van der Waals surface area (Å²) >= 11 is 6.44. The van der Waals surface area contributed by atoms with Crippen LogP contribution in [-0.2, 0) is 13.2 Å². The summed E-state index contributed by atoms with van der Waals surface area (Å²) in [6.07, 6.45) is 9.10. The van der Waals surface area contributed by atoms with Crippen molar-refractivity contribution in [3.63, 3.8) is 0 Å². The van der Waals surface area contributed by atoms with Crippen LogP contribution < -0.4 is 14.2 Å². The molecule has 39 heavy (non-hydrogen) atoms. The van der Waals surface area contributed by atoms with Crippen LogP contribution in [0, 0.1) is 37.5 Å². The van der Waals surface area contributed by atoms with Gasteiger partial charge in [-0.2, -0.15) is 5.26 Å². The van der Waals surface area contributed by atoms with E-state index in [2.05, 4.69) is 17.0 Å². The molecule has 0 N–H and O–H groups in total. The third kappa shape index (κ3) is 6.38. The summed E-state index contributed by atoms with van der Waals surface area (Å²) in [5, 5.41) is 9.38. The molecule has 1 aromatic heterocycles. The molecule has 0 atom stereocenters. The van der Waals surface area contributed by atoms with Crippen molar-refractivity contribution in [3.05, 3.63) is 105 Å². The summed E-state index contributed by atoms with van der Waals surface area (Å²) in [5.41, 5.74) is 6.53. The Bertz CT molecular complexity index is 1600. The smallest absolute Gasteiger partial charge is 0.153 e. The van der Waals surface area contributed by atoms with E-state index in [1.165, 1.54) is 12.3 Å². The molecular weight excluding hydrogens is 512 g/mol. The molecule has 6 nitrogen and oxygen atoms in total. The first-order chi connectivity index (χ1) is 18.9. The van der Waals surface area contributed by atoms with Crippen molar-refractivity contribution in [3.8, 4) is 46.8 Å². The molecule has 0 radical (unpaired) electrons. The number of nitriles is 1. The minimum atomic E-state index is 0.120. The van der Waals surface area contributed by atoms with Gasteiger partial charge in [-0.1, -0.05) is 47.9 Å². The lowest BCUT2D eigenvalue weighted by atomic mass is 9.93. The highest BCUT2D eigenvalue weighted by Gasteiger charge is 2.15. The normalized spacial score (nSPS) is 10.3. The van der Waals surface area contributed by atoms with E-state index in [1.807, 2.05) is 50.2 Å². The number of terminal acetylenes is 1. The minimum absolute atomic E-state index is 0.120. The number of hydrogen-bond acceptors (Lipinski definition) is 6. The Kier molecular flexibility index (Phi) is 8.84. The summed E-state index contributed by atoms with van der Waals surface area (Å²) in [6.45, 7) is 4.62. The van der Waals surface area contributed by atoms with Gasteiger partial charge in [-0.25, -0.2) is 0 Å². The maximum Gasteiger partial charge on any atom is 0.153 e. The Labute approximate surface area is 232 Å². The first-order valence-electron chi connectivity index (χ1n) is 12.1. The largest absolute Gasteiger partial charge is 0.488 e. The van der Waals surface area contributed by atoms with Crippen LogP contribution in [0.5, 0.6) is 17.2 Å². The fourth-order valence-corrected chi connectivity index (χ4v) is 4.36. The number of nitrogens with zero attached hydrogens (tertiary/aromatic N) is 2. The second-order valence-electron chi connectivity index (χ2n) is 8.72. The summed E-state index contributed by atoms with van der Waals surface area (Å²) < 4.78 is 17.7. The zero-order valence-electron chi connectivity index (χ0n) is 21.5. The zero-order chi connectivity index (χ0) is 27.8. The predicted octanol–water partition coefficient (Wildman–Crippen LogP) is 6.87. The van der Waals surface area contributed by atoms with Gasteiger partial charge in [0.25, 0.3) is 0 Å². The average Bonchev–Trinajstić information content (AvgIpc) is 2.96. The first kappa shape index (κ1) is 27.3. The van der Waals surface area contributed by atoms with Crippen molar-refractivity contribution in [1.29, 1.82) is 5.26 Å². The number of carbonyl (C=O) groups excluding carboxylic acids is 1. The summed E-state index contributed by atoms with van der Waals surface area (Å²) in [7, 11) is 0. The van der Waals surface area contributed by atoms with E-state index in [0.717, 1.165) is 33.6 Å². The molecule has 1 heterocycles. The third-order valence-corrected chi connectivity index (χ3v) is 6.52. The lowest BCUT2D eigenvalue weighted by Crippen LogP contribution is -2.03. The van der Waals surface area contributed by atoms with Gasteiger partial charge in [-0.15, -0.1) is 6.42 Å². The third-order valence-electron chi connectivity index (χ3n) is 6.22. The molecular formula is C32H25ClN2O4. The van der Waals surface area contributed by atoms with Gasteiger partial charge in [0.1, 0.15) is 43.1 Å². The second kappa shape index (κ2) is 12.6. The first-order valence-corrected chi connectivity index (χ1v) is 12.5. The van der Waals surface area contributed by atoms with Gasteiger partial charge >= 0.3 is 0 Å². The molecule has 0 fully saturated rings. The van der Waals surface area contributed by atoms with Crippen LogP contribution in [0.2, 0.25) is 5.02 Å². The molecule has 0 spiro atoms.